The molecule has 4 fully saturated rings. The van der Waals surface area contributed by atoms with E-state index in [1.807, 2.05) is 0 Å². The molecule has 7 atom stereocenters. The number of carbonyl (C=O) groups is 3. The van der Waals surface area contributed by atoms with Crippen LogP contribution in [0.5, 0.6) is 0 Å². The molecule has 1 amide bonds. The molecular formula is C20H29NO3. The second kappa shape index (κ2) is 5.15. The Kier molecular flexibility index (Phi) is 3.50. The van der Waals surface area contributed by atoms with Crippen LogP contribution < -0.4 is 5.73 Å². The molecule has 4 nitrogen and oxygen atoms in total. The Morgan fingerprint density at radius 1 is 1.04 bits per heavy atom. The van der Waals surface area contributed by atoms with Gasteiger partial charge in [-0.3, -0.25) is 14.4 Å². The summed E-state index contributed by atoms with van der Waals surface area (Å²) in [6.07, 6.45) is 6.56. The SMILES string of the molecule is C[C@]12CCC(=O)CC1C(C(N)=O)C[C@@H]1[C@H]2CC[C@]2(C)C(=O)CC[C@@H]12. The van der Waals surface area contributed by atoms with Gasteiger partial charge in [0.05, 0.1) is 0 Å². The van der Waals surface area contributed by atoms with Crippen LogP contribution in [0.1, 0.15) is 65.2 Å². The van der Waals surface area contributed by atoms with Crippen molar-refractivity contribution in [3.63, 3.8) is 0 Å². The molecule has 0 saturated heterocycles. The van der Waals surface area contributed by atoms with Crippen molar-refractivity contribution in [2.24, 2.45) is 46.2 Å². The van der Waals surface area contributed by atoms with Crippen molar-refractivity contribution in [1.82, 2.24) is 0 Å². The van der Waals surface area contributed by atoms with Gasteiger partial charge in [0.15, 0.2) is 0 Å². The van der Waals surface area contributed by atoms with Crippen LogP contribution in [0.2, 0.25) is 0 Å². The molecule has 4 aliphatic carbocycles. The highest BCUT2D eigenvalue weighted by Crippen LogP contribution is 2.66. The van der Waals surface area contributed by atoms with E-state index in [-0.39, 0.29) is 28.6 Å². The van der Waals surface area contributed by atoms with Crippen LogP contribution in [0, 0.1) is 40.4 Å². The van der Waals surface area contributed by atoms with Crippen LogP contribution in [0.15, 0.2) is 0 Å². The second-order valence-electron chi connectivity index (χ2n) is 9.39. The lowest BCUT2D eigenvalue weighted by molar-refractivity contribution is -0.159. The molecule has 4 rings (SSSR count). The lowest BCUT2D eigenvalue weighted by atomic mass is 9.43. The Morgan fingerprint density at radius 2 is 1.79 bits per heavy atom. The van der Waals surface area contributed by atoms with Crippen molar-refractivity contribution in [3.05, 3.63) is 0 Å². The lowest BCUT2D eigenvalue weighted by Crippen LogP contribution is -2.58. The van der Waals surface area contributed by atoms with Crippen molar-refractivity contribution in [2.45, 2.75) is 65.2 Å². The summed E-state index contributed by atoms with van der Waals surface area (Å²) in [6.45, 7) is 4.46. The second-order valence-corrected chi connectivity index (χ2v) is 9.39. The van der Waals surface area contributed by atoms with Crippen LogP contribution in [-0.2, 0) is 14.4 Å². The number of hydrogen-bond acceptors (Lipinski definition) is 3. The Labute approximate surface area is 143 Å². The topological polar surface area (TPSA) is 77.2 Å². The summed E-state index contributed by atoms with van der Waals surface area (Å²) in [4.78, 5) is 36.8. The summed E-state index contributed by atoms with van der Waals surface area (Å²) < 4.78 is 0. The number of hydrogen-bond donors (Lipinski definition) is 1. The molecule has 0 aromatic heterocycles. The molecule has 0 aromatic carbocycles. The first-order chi connectivity index (χ1) is 11.3. The minimum atomic E-state index is -0.240. The minimum absolute atomic E-state index is 0.0312. The summed E-state index contributed by atoms with van der Waals surface area (Å²) in [5.74, 6) is 1.75. The third-order valence-electron chi connectivity index (χ3n) is 8.61. The maximum absolute atomic E-state index is 12.5. The number of rotatable bonds is 1. The van der Waals surface area contributed by atoms with Crippen LogP contribution in [0.4, 0.5) is 0 Å². The van der Waals surface area contributed by atoms with E-state index < -0.39 is 0 Å². The third kappa shape index (κ3) is 2.01. The van der Waals surface area contributed by atoms with Gasteiger partial charge in [0.2, 0.25) is 5.91 Å². The zero-order valence-electron chi connectivity index (χ0n) is 14.8. The molecule has 24 heavy (non-hydrogen) atoms. The van der Waals surface area contributed by atoms with Gasteiger partial charge >= 0.3 is 0 Å². The zero-order valence-corrected chi connectivity index (χ0v) is 14.8. The smallest absolute Gasteiger partial charge is 0.220 e. The summed E-state index contributed by atoms with van der Waals surface area (Å²) in [5.41, 5.74) is 5.63. The van der Waals surface area contributed by atoms with E-state index >= 15 is 0 Å². The summed E-state index contributed by atoms with van der Waals surface area (Å²) in [5, 5.41) is 0. The molecular weight excluding hydrogens is 302 g/mol. The highest BCUT2D eigenvalue weighted by molar-refractivity contribution is 5.87. The number of amides is 1. The molecule has 2 N–H and O–H groups in total. The van der Waals surface area contributed by atoms with Crippen LogP contribution in [-0.4, -0.2) is 17.5 Å². The molecule has 4 saturated carbocycles. The Morgan fingerprint density at radius 3 is 2.50 bits per heavy atom. The van der Waals surface area contributed by atoms with Gasteiger partial charge in [-0.15, -0.1) is 0 Å². The molecule has 0 bridgehead atoms. The van der Waals surface area contributed by atoms with Gasteiger partial charge in [-0.1, -0.05) is 13.8 Å². The number of carbonyl (C=O) groups excluding carboxylic acids is 3. The summed E-state index contributed by atoms with van der Waals surface area (Å²) in [7, 11) is 0. The Balaban J connectivity index is 1.74. The fraction of sp³-hybridized carbons (Fsp3) is 0.850. The number of ketones is 2. The van der Waals surface area contributed by atoms with Crippen LogP contribution in [0.25, 0.3) is 0 Å². The van der Waals surface area contributed by atoms with Crippen LogP contribution in [0.3, 0.4) is 0 Å². The van der Waals surface area contributed by atoms with E-state index in [0.29, 0.717) is 48.6 Å². The number of nitrogens with two attached hydrogens (primary N) is 1. The first-order valence-corrected chi connectivity index (χ1v) is 9.61. The van der Waals surface area contributed by atoms with Crippen molar-refractivity contribution >= 4 is 17.5 Å². The van der Waals surface area contributed by atoms with Gasteiger partial charge in [-0.2, -0.15) is 0 Å². The average Bonchev–Trinajstić information content (AvgIpc) is 2.83. The Bertz CT molecular complexity index is 614. The number of Topliss-reactive ketones (excluding diaryl/α,β-unsaturated/α-hetero) is 2. The molecule has 4 heteroatoms. The predicted molar refractivity (Wildman–Crippen MR) is 89.8 cm³/mol. The van der Waals surface area contributed by atoms with E-state index in [1.165, 1.54) is 0 Å². The van der Waals surface area contributed by atoms with Crippen molar-refractivity contribution in [1.29, 1.82) is 0 Å². The highest BCUT2D eigenvalue weighted by Gasteiger charge is 2.62. The first kappa shape index (κ1) is 16.3. The highest BCUT2D eigenvalue weighted by atomic mass is 16.1. The lowest BCUT2D eigenvalue weighted by Gasteiger charge is -2.61. The fourth-order valence-electron chi connectivity index (χ4n) is 7.21. The van der Waals surface area contributed by atoms with Crippen molar-refractivity contribution < 1.29 is 14.4 Å². The van der Waals surface area contributed by atoms with E-state index in [4.69, 9.17) is 5.73 Å². The molecule has 2 unspecified atom stereocenters. The summed E-state index contributed by atoms with van der Waals surface area (Å²) >= 11 is 0. The predicted octanol–water partition coefficient (Wildman–Crippen LogP) is 2.88. The molecule has 132 valence electrons. The monoisotopic (exact) mass is 331 g/mol. The molecule has 0 heterocycles. The molecule has 0 aromatic rings. The zero-order chi connectivity index (χ0) is 17.3. The molecule has 0 spiro atoms. The van der Waals surface area contributed by atoms with Crippen molar-refractivity contribution in [2.75, 3.05) is 0 Å². The van der Waals surface area contributed by atoms with Gasteiger partial charge in [0.1, 0.15) is 11.6 Å². The Hall–Kier alpha value is -1.19. The van der Waals surface area contributed by atoms with E-state index in [0.717, 1.165) is 32.1 Å². The van der Waals surface area contributed by atoms with Gasteiger partial charge in [0.25, 0.3) is 0 Å². The first-order valence-electron chi connectivity index (χ1n) is 9.61. The molecule has 0 aliphatic heterocycles. The fourth-order valence-corrected chi connectivity index (χ4v) is 7.21. The van der Waals surface area contributed by atoms with E-state index in [2.05, 4.69) is 13.8 Å². The molecule has 4 aliphatic rings. The van der Waals surface area contributed by atoms with Crippen molar-refractivity contribution in [3.8, 4) is 0 Å². The van der Waals surface area contributed by atoms with E-state index in [1.54, 1.807) is 0 Å². The molecule has 0 radical (unpaired) electrons. The normalized spacial score (nSPS) is 50.8. The maximum Gasteiger partial charge on any atom is 0.220 e. The quantitative estimate of drug-likeness (QED) is 0.802. The third-order valence-corrected chi connectivity index (χ3v) is 8.61. The standard InChI is InChI=1S/C20H29NO3/c1-19-7-5-11(22)9-16(19)13(18(21)24)10-12-14-3-4-17(23)20(14,2)8-6-15(12)19/h12-16H,3-10H2,1-2H3,(H2,21,24)/t12-,13?,14-,15+,16?,19+,20-/m0/s1. The van der Waals surface area contributed by atoms with Gasteiger partial charge in [0, 0.05) is 30.6 Å². The van der Waals surface area contributed by atoms with Gasteiger partial charge in [-0.25, -0.2) is 0 Å². The summed E-state index contributed by atoms with van der Waals surface area (Å²) in [6, 6.07) is 0. The maximum atomic E-state index is 12.5. The number of fused-ring (bicyclic) bond motifs is 5. The van der Waals surface area contributed by atoms with Gasteiger partial charge < -0.3 is 5.73 Å². The van der Waals surface area contributed by atoms with E-state index in [9.17, 15) is 14.4 Å². The van der Waals surface area contributed by atoms with Gasteiger partial charge in [-0.05, 0) is 61.2 Å². The average molecular weight is 331 g/mol. The van der Waals surface area contributed by atoms with Crippen LogP contribution >= 0.6 is 0 Å². The largest absolute Gasteiger partial charge is 0.369 e. The number of primary amides is 1. The minimum Gasteiger partial charge on any atom is -0.369 e.